The Bertz CT molecular complexity index is 361. The van der Waals surface area contributed by atoms with E-state index in [0.717, 1.165) is 5.56 Å². The molecule has 0 spiro atoms. The molecule has 1 fully saturated rings. The molecule has 4 heteroatoms. The summed E-state index contributed by atoms with van der Waals surface area (Å²) in [4.78, 5) is 10.9. The maximum atomic E-state index is 10.9. The van der Waals surface area contributed by atoms with E-state index in [1.165, 1.54) is 0 Å². The average Bonchev–Trinajstić information content (AvgIpc) is 2.67. The zero-order valence-electron chi connectivity index (χ0n) is 8.02. The van der Waals surface area contributed by atoms with Crippen LogP contribution in [-0.2, 0) is 9.53 Å². The Hall–Kier alpha value is -1.06. The van der Waals surface area contributed by atoms with Gasteiger partial charge >= 0.3 is 5.97 Å². The van der Waals surface area contributed by atoms with Gasteiger partial charge in [-0.3, -0.25) is 4.79 Å². The van der Waals surface area contributed by atoms with Gasteiger partial charge in [-0.05, 0) is 24.1 Å². The zero-order chi connectivity index (χ0) is 10.8. The molecule has 0 saturated carbocycles. The molecule has 0 aromatic heterocycles. The Morgan fingerprint density at radius 1 is 1.40 bits per heavy atom. The maximum absolute atomic E-state index is 10.9. The molecule has 3 nitrogen and oxygen atoms in total. The number of carbonyl (C=O) groups is 1. The minimum atomic E-state index is -0.799. The van der Waals surface area contributed by atoms with Crippen LogP contribution in [0.5, 0.6) is 0 Å². The molecular weight excluding hydrogens is 216 g/mol. The fraction of sp³-hybridized carbons (Fsp3) is 0.364. The van der Waals surface area contributed by atoms with Crippen molar-refractivity contribution in [3.8, 4) is 0 Å². The Morgan fingerprint density at radius 2 is 2.07 bits per heavy atom. The Labute approximate surface area is 92.6 Å². The van der Waals surface area contributed by atoms with Gasteiger partial charge in [0.05, 0.1) is 12.0 Å². The first-order chi connectivity index (χ1) is 7.18. The lowest BCUT2D eigenvalue weighted by molar-refractivity contribution is -0.143. The van der Waals surface area contributed by atoms with Crippen molar-refractivity contribution in [2.45, 2.75) is 12.5 Å². The molecule has 1 aromatic rings. The number of ether oxygens (including phenoxy) is 1. The number of carboxylic acid groups (broad SMARTS) is 1. The van der Waals surface area contributed by atoms with Crippen molar-refractivity contribution < 1.29 is 14.6 Å². The first kappa shape index (κ1) is 10.5. The van der Waals surface area contributed by atoms with Gasteiger partial charge in [0.25, 0.3) is 0 Å². The smallest absolute Gasteiger partial charge is 0.309 e. The summed E-state index contributed by atoms with van der Waals surface area (Å²) in [5, 5.41) is 9.64. The van der Waals surface area contributed by atoms with Crippen LogP contribution in [0, 0.1) is 5.92 Å². The van der Waals surface area contributed by atoms with E-state index in [0.29, 0.717) is 18.1 Å². The van der Waals surface area contributed by atoms with Gasteiger partial charge in [0.2, 0.25) is 0 Å². The standard InChI is InChI=1S/C11H11ClO3/c12-8-3-1-7(2-4-8)10-9(11(13)14)5-6-15-10/h1-4,9-10H,5-6H2,(H,13,14)/t9-,10+/m1/s1. The highest BCUT2D eigenvalue weighted by atomic mass is 35.5. The van der Waals surface area contributed by atoms with Gasteiger partial charge < -0.3 is 9.84 Å². The van der Waals surface area contributed by atoms with E-state index in [4.69, 9.17) is 21.4 Å². The molecule has 2 atom stereocenters. The molecular formula is C11H11ClO3. The van der Waals surface area contributed by atoms with Crippen LogP contribution in [0.2, 0.25) is 5.02 Å². The van der Waals surface area contributed by atoms with E-state index < -0.39 is 11.9 Å². The fourth-order valence-electron chi connectivity index (χ4n) is 1.82. The second-order valence-electron chi connectivity index (χ2n) is 3.58. The third kappa shape index (κ3) is 2.13. The van der Waals surface area contributed by atoms with Gasteiger partial charge in [-0.15, -0.1) is 0 Å². The summed E-state index contributed by atoms with van der Waals surface area (Å²) in [6, 6.07) is 7.12. The van der Waals surface area contributed by atoms with E-state index in [2.05, 4.69) is 0 Å². The molecule has 0 radical (unpaired) electrons. The number of rotatable bonds is 2. The first-order valence-electron chi connectivity index (χ1n) is 4.78. The summed E-state index contributed by atoms with van der Waals surface area (Å²) in [5.74, 6) is -1.24. The zero-order valence-corrected chi connectivity index (χ0v) is 8.78. The summed E-state index contributed by atoms with van der Waals surface area (Å²) in [6.45, 7) is 0.504. The molecule has 1 aliphatic rings. The number of hydrogen-bond donors (Lipinski definition) is 1. The maximum Gasteiger partial charge on any atom is 0.309 e. The number of aliphatic carboxylic acids is 1. The van der Waals surface area contributed by atoms with Crippen molar-refractivity contribution in [2.75, 3.05) is 6.61 Å². The van der Waals surface area contributed by atoms with E-state index in [9.17, 15) is 4.79 Å². The van der Waals surface area contributed by atoms with Crippen LogP contribution in [-0.4, -0.2) is 17.7 Å². The molecule has 0 amide bonds. The minimum Gasteiger partial charge on any atom is -0.481 e. The molecule has 0 aliphatic carbocycles. The highest BCUT2D eigenvalue weighted by molar-refractivity contribution is 6.30. The third-order valence-corrected chi connectivity index (χ3v) is 2.86. The van der Waals surface area contributed by atoms with Crippen LogP contribution in [0.4, 0.5) is 0 Å². The summed E-state index contributed by atoms with van der Waals surface area (Å²) < 4.78 is 5.43. The molecule has 0 unspecified atom stereocenters. The van der Waals surface area contributed by atoms with Gasteiger partial charge in [0, 0.05) is 11.6 Å². The second kappa shape index (κ2) is 4.21. The highest BCUT2D eigenvalue weighted by Gasteiger charge is 2.34. The number of benzene rings is 1. The van der Waals surface area contributed by atoms with Crippen LogP contribution in [0.1, 0.15) is 18.1 Å². The average molecular weight is 227 g/mol. The number of halogens is 1. The summed E-state index contributed by atoms with van der Waals surface area (Å²) in [5.41, 5.74) is 0.879. The molecule has 2 rings (SSSR count). The number of hydrogen-bond acceptors (Lipinski definition) is 2. The summed E-state index contributed by atoms with van der Waals surface area (Å²) in [7, 11) is 0. The molecule has 1 aromatic carbocycles. The normalized spacial score (nSPS) is 25.4. The van der Waals surface area contributed by atoms with Gasteiger partial charge in [0.15, 0.2) is 0 Å². The van der Waals surface area contributed by atoms with E-state index in [1.54, 1.807) is 12.1 Å². The van der Waals surface area contributed by atoms with Crippen LogP contribution in [0.3, 0.4) is 0 Å². The van der Waals surface area contributed by atoms with Crippen LogP contribution in [0.15, 0.2) is 24.3 Å². The second-order valence-corrected chi connectivity index (χ2v) is 4.01. The van der Waals surface area contributed by atoms with E-state index in [1.807, 2.05) is 12.1 Å². The Kier molecular flexibility index (Phi) is 2.93. The van der Waals surface area contributed by atoms with Gasteiger partial charge in [0.1, 0.15) is 0 Å². The number of carboxylic acids is 1. The molecule has 15 heavy (non-hydrogen) atoms. The highest BCUT2D eigenvalue weighted by Crippen LogP contribution is 2.34. The van der Waals surface area contributed by atoms with Crippen LogP contribution >= 0.6 is 11.6 Å². The summed E-state index contributed by atoms with van der Waals surface area (Å²) >= 11 is 5.76. The lowest BCUT2D eigenvalue weighted by Gasteiger charge is -2.15. The van der Waals surface area contributed by atoms with Gasteiger partial charge in [-0.2, -0.15) is 0 Å². The molecule has 1 N–H and O–H groups in total. The molecule has 1 aliphatic heterocycles. The van der Waals surface area contributed by atoms with Crippen molar-refractivity contribution in [2.24, 2.45) is 5.92 Å². The lowest BCUT2D eigenvalue weighted by atomic mass is 9.96. The predicted molar refractivity (Wildman–Crippen MR) is 55.9 cm³/mol. The van der Waals surface area contributed by atoms with Crippen molar-refractivity contribution in [1.82, 2.24) is 0 Å². The summed E-state index contributed by atoms with van der Waals surface area (Å²) in [6.07, 6.45) is 0.239. The third-order valence-electron chi connectivity index (χ3n) is 2.61. The quantitative estimate of drug-likeness (QED) is 0.843. The molecule has 0 bridgehead atoms. The predicted octanol–water partition coefficient (Wildman–Crippen LogP) is 2.50. The van der Waals surface area contributed by atoms with E-state index >= 15 is 0 Å². The molecule has 1 saturated heterocycles. The minimum absolute atomic E-state index is 0.334. The Morgan fingerprint density at radius 3 is 2.67 bits per heavy atom. The Balaban J connectivity index is 2.22. The lowest BCUT2D eigenvalue weighted by Crippen LogP contribution is -2.17. The topological polar surface area (TPSA) is 46.5 Å². The van der Waals surface area contributed by atoms with Crippen molar-refractivity contribution in [3.63, 3.8) is 0 Å². The first-order valence-corrected chi connectivity index (χ1v) is 5.16. The molecule has 80 valence electrons. The van der Waals surface area contributed by atoms with Crippen LogP contribution < -0.4 is 0 Å². The van der Waals surface area contributed by atoms with Gasteiger partial charge in [-0.25, -0.2) is 0 Å². The largest absolute Gasteiger partial charge is 0.481 e. The van der Waals surface area contributed by atoms with Gasteiger partial charge in [-0.1, -0.05) is 23.7 Å². The molecule has 1 heterocycles. The SMILES string of the molecule is O=C(O)[C@@H]1CCO[C@H]1c1ccc(Cl)cc1. The fourth-order valence-corrected chi connectivity index (χ4v) is 1.95. The van der Waals surface area contributed by atoms with Crippen LogP contribution in [0.25, 0.3) is 0 Å². The van der Waals surface area contributed by atoms with E-state index in [-0.39, 0.29) is 6.10 Å². The van der Waals surface area contributed by atoms with Crippen molar-refractivity contribution in [3.05, 3.63) is 34.9 Å². The van der Waals surface area contributed by atoms with Crippen molar-refractivity contribution >= 4 is 17.6 Å². The monoisotopic (exact) mass is 226 g/mol. The van der Waals surface area contributed by atoms with Crippen molar-refractivity contribution in [1.29, 1.82) is 0 Å².